The van der Waals surface area contributed by atoms with E-state index in [1.165, 1.54) is 36.4 Å². The summed E-state index contributed by atoms with van der Waals surface area (Å²) in [6.07, 6.45) is 0. The fraction of sp³-hybridized carbons (Fsp3) is 0. The molecule has 0 fully saturated rings. The van der Waals surface area contributed by atoms with Gasteiger partial charge in [0.05, 0.1) is 16.0 Å². The van der Waals surface area contributed by atoms with Gasteiger partial charge in [-0.05, 0) is 60.7 Å². The normalized spacial score (nSPS) is 11.5. The number of rotatable bonds is 6. The lowest BCUT2D eigenvalue weighted by molar-refractivity contribution is 0.102. The number of fused-ring (bicyclic) bond motifs is 1. The van der Waals surface area contributed by atoms with Gasteiger partial charge in [0.15, 0.2) is 17.1 Å². The molecular weight excluding hydrogens is 517 g/mol. The van der Waals surface area contributed by atoms with E-state index in [0.29, 0.717) is 5.02 Å². The maximum atomic E-state index is 13.2. The Bertz CT molecular complexity index is 1780. The summed E-state index contributed by atoms with van der Waals surface area (Å²) in [6, 6.07) is 13.0. The zero-order chi connectivity index (χ0) is 25.4. The number of carbonyl (C=O) groups is 1. The molecule has 5 aromatic rings. The van der Waals surface area contributed by atoms with Gasteiger partial charge in [0.2, 0.25) is 0 Å². The second-order valence-corrected chi connectivity index (χ2v) is 9.51. The Balaban J connectivity index is 1.45. The predicted octanol–water partition coefficient (Wildman–Crippen LogP) is 4.02. The number of H-pyrrole nitrogens is 1. The smallest absolute Gasteiger partial charge is 0.355 e. The van der Waals surface area contributed by atoms with Gasteiger partial charge in [0.25, 0.3) is 15.9 Å². The average molecular weight is 530 g/mol. The Morgan fingerprint density at radius 1 is 1.00 bits per heavy atom. The van der Waals surface area contributed by atoms with Gasteiger partial charge >= 0.3 is 5.76 Å². The number of carbonyl (C=O) groups excluding carboxylic acids is 1. The molecule has 0 radical (unpaired) electrons. The zero-order valence-corrected chi connectivity index (χ0v) is 19.4. The lowest BCUT2D eigenvalue weighted by Gasteiger charge is -2.09. The van der Waals surface area contributed by atoms with Crippen molar-refractivity contribution in [3.05, 3.63) is 87.7 Å². The monoisotopic (exact) mass is 529 g/mol. The molecule has 36 heavy (non-hydrogen) atoms. The number of amides is 1. The van der Waals surface area contributed by atoms with Crippen LogP contribution in [-0.2, 0) is 10.0 Å². The van der Waals surface area contributed by atoms with E-state index in [9.17, 15) is 22.4 Å². The van der Waals surface area contributed by atoms with Crippen LogP contribution in [0.25, 0.3) is 22.4 Å². The average Bonchev–Trinajstić information content (AvgIpc) is 3.46. The number of hydrogen-bond acceptors (Lipinski definition) is 8. The molecule has 0 bridgehead atoms. The van der Waals surface area contributed by atoms with E-state index in [-0.39, 0.29) is 44.3 Å². The van der Waals surface area contributed by atoms with Crippen molar-refractivity contribution >= 4 is 49.9 Å². The van der Waals surface area contributed by atoms with E-state index in [0.717, 1.165) is 24.3 Å². The summed E-state index contributed by atoms with van der Waals surface area (Å²) >= 11 is 6.04. The van der Waals surface area contributed by atoms with Crippen LogP contribution < -0.4 is 15.8 Å². The van der Waals surface area contributed by atoms with Crippen LogP contribution in [0, 0.1) is 5.82 Å². The molecule has 0 aliphatic carbocycles. The van der Waals surface area contributed by atoms with Crippen molar-refractivity contribution in [1.29, 1.82) is 0 Å². The van der Waals surface area contributed by atoms with Crippen LogP contribution in [0.1, 0.15) is 10.5 Å². The van der Waals surface area contributed by atoms with Crippen molar-refractivity contribution in [2.45, 2.75) is 4.90 Å². The van der Waals surface area contributed by atoms with Crippen LogP contribution in [0.3, 0.4) is 0 Å². The van der Waals surface area contributed by atoms with Crippen molar-refractivity contribution in [3.63, 3.8) is 0 Å². The molecule has 2 heterocycles. The Morgan fingerprint density at radius 2 is 1.78 bits per heavy atom. The molecule has 0 spiro atoms. The van der Waals surface area contributed by atoms with Crippen molar-refractivity contribution in [1.82, 2.24) is 15.3 Å². The third-order valence-electron chi connectivity index (χ3n) is 4.99. The molecule has 5 rings (SSSR count). The molecule has 182 valence electrons. The summed E-state index contributed by atoms with van der Waals surface area (Å²) in [4.78, 5) is 26.7. The van der Waals surface area contributed by atoms with E-state index < -0.39 is 27.5 Å². The molecular formula is C22H13ClFN5O6S. The summed E-state index contributed by atoms with van der Waals surface area (Å²) in [6.45, 7) is 0. The van der Waals surface area contributed by atoms with E-state index >= 15 is 0 Å². The van der Waals surface area contributed by atoms with Crippen molar-refractivity contribution < 1.29 is 26.6 Å². The standard InChI is InChI=1S/C22H13ClFN5O6S/c23-11-1-7-17(15(9-11)20-26-22(31)35-28-20)25-21(30)19-16-10-13(4-8-18(16)34-27-19)29-36(32,33)14-5-2-12(24)3-6-14/h1-10,29H,(H,25,30)(H,26,28,31). The molecule has 14 heteroatoms. The topological polar surface area (TPSA) is 160 Å². The highest BCUT2D eigenvalue weighted by Crippen LogP contribution is 2.30. The number of benzene rings is 3. The Morgan fingerprint density at radius 3 is 2.50 bits per heavy atom. The molecule has 0 atom stereocenters. The minimum absolute atomic E-state index is 0.0419. The molecule has 1 amide bonds. The van der Waals surface area contributed by atoms with Gasteiger partial charge in [0.1, 0.15) is 5.82 Å². The maximum absolute atomic E-state index is 13.2. The maximum Gasteiger partial charge on any atom is 0.439 e. The Hall–Kier alpha value is -4.49. The molecule has 2 aromatic heterocycles. The van der Waals surface area contributed by atoms with Gasteiger partial charge < -0.3 is 9.84 Å². The van der Waals surface area contributed by atoms with Gasteiger partial charge in [-0.15, -0.1) is 0 Å². The van der Waals surface area contributed by atoms with Crippen molar-refractivity contribution in [2.24, 2.45) is 0 Å². The first-order valence-corrected chi connectivity index (χ1v) is 11.9. The number of anilines is 2. The number of nitrogens with one attached hydrogen (secondary N) is 3. The zero-order valence-electron chi connectivity index (χ0n) is 17.8. The lowest BCUT2D eigenvalue weighted by atomic mass is 10.1. The number of nitrogens with zero attached hydrogens (tertiary/aromatic N) is 2. The largest absolute Gasteiger partial charge is 0.439 e. The number of aromatic nitrogens is 3. The van der Waals surface area contributed by atoms with Crippen LogP contribution in [0.15, 0.2) is 79.4 Å². The minimum atomic E-state index is -4.03. The fourth-order valence-corrected chi connectivity index (χ4v) is 4.56. The molecule has 0 saturated heterocycles. The van der Waals surface area contributed by atoms with E-state index in [1.54, 1.807) is 0 Å². The van der Waals surface area contributed by atoms with Gasteiger partial charge in [-0.3, -0.25) is 19.0 Å². The summed E-state index contributed by atoms with van der Waals surface area (Å²) in [5.41, 5.74) is 0.723. The molecule has 0 aliphatic rings. The highest BCUT2D eigenvalue weighted by molar-refractivity contribution is 7.92. The van der Waals surface area contributed by atoms with Crippen LogP contribution >= 0.6 is 11.6 Å². The number of aromatic amines is 1. The van der Waals surface area contributed by atoms with Crippen LogP contribution in [0.4, 0.5) is 15.8 Å². The first kappa shape index (κ1) is 23.3. The molecule has 0 saturated carbocycles. The molecule has 0 aliphatic heterocycles. The number of hydrogen-bond donors (Lipinski definition) is 3. The summed E-state index contributed by atoms with van der Waals surface area (Å²) in [5, 5.41) is 10.6. The SMILES string of the molecule is O=C(Nc1ccc(Cl)cc1-c1noc(=O)[nH]1)c1noc2ccc(NS(=O)(=O)c3ccc(F)cc3)cc12. The van der Waals surface area contributed by atoms with E-state index in [1.807, 2.05) is 0 Å². The molecule has 11 nitrogen and oxygen atoms in total. The predicted molar refractivity (Wildman–Crippen MR) is 127 cm³/mol. The Labute approximate surface area is 205 Å². The number of halogens is 2. The van der Waals surface area contributed by atoms with Crippen LogP contribution in [-0.4, -0.2) is 29.6 Å². The Kier molecular flexibility index (Phi) is 5.78. The van der Waals surface area contributed by atoms with Crippen molar-refractivity contribution in [3.8, 4) is 11.4 Å². The van der Waals surface area contributed by atoms with Crippen LogP contribution in [0.5, 0.6) is 0 Å². The van der Waals surface area contributed by atoms with Crippen molar-refractivity contribution in [2.75, 3.05) is 10.0 Å². The minimum Gasteiger partial charge on any atom is -0.355 e. The summed E-state index contributed by atoms with van der Waals surface area (Å²) in [7, 11) is -4.03. The van der Waals surface area contributed by atoms with Crippen LogP contribution in [0.2, 0.25) is 5.02 Å². The van der Waals surface area contributed by atoms with Gasteiger partial charge in [-0.1, -0.05) is 21.9 Å². The third kappa shape index (κ3) is 4.56. The quantitative estimate of drug-likeness (QED) is 0.297. The van der Waals surface area contributed by atoms with E-state index in [4.69, 9.17) is 16.1 Å². The second kappa shape index (κ2) is 8.94. The fourth-order valence-electron chi connectivity index (χ4n) is 3.34. The first-order chi connectivity index (χ1) is 17.2. The summed E-state index contributed by atoms with van der Waals surface area (Å²) in [5.74, 6) is -2.02. The first-order valence-electron chi connectivity index (χ1n) is 10.0. The third-order valence-corrected chi connectivity index (χ3v) is 6.62. The second-order valence-electron chi connectivity index (χ2n) is 7.39. The lowest BCUT2D eigenvalue weighted by Crippen LogP contribution is -2.14. The van der Waals surface area contributed by atoms with E-state index in [2.05, 4.69) is 29.9 Å². The molecule has 3 aromatic carbocycles. The number of sulfonamides is 1. The summed E-state index contributed by atoms with van der Waals surface area (Å²) < 4.78 is 50.5. The van der Waals surface area contributed by atoms with Gasteiger partial charge in [-0.2, -0.15) is 0 Å². The highest BCUT2D eigenvalue weighted by atomic mass is 35.5. The molecule has 0 unspecified atom stereocenters. The van der Waals surface area contributed by atoms with Gasteiger partial charge in [0, 0.05) is 16.3 Å². The highest BCUT2D eigenvalue weighted by Gasteiger charge is 2.21. The molecule has 3 N–H and O–H groups in total. The van der Waals surface area contributed by atoms with Gasteiger partial charge in [-0.25, -0.2) is 17.6 Å².